The molecule has 0 fully saturated rings. The van der Waals surface area contributed by atoms with Crippen molar-refractivity contribution in [2.45, 2.75) is 39.7 Å². The molecule has 0 aliphatic heterocycles. The smallest absolute Gasteiger partial charge is 0.226 e. The monoisotopic (exact) mass is 459 g/mol. The zero-order valence-corrected chi connectivity index (χ0v) is 18.4. The molecule has 29 heavy (non-hydrogen) atoms. The SMILES string of the molecule is CC(=O)NC(CC(=O)NCCC(=O)Nc1cc(Br)ccc1C)c1ccc(C)cc1. The number of anilines is 1. The lowest BCUT2D eigenvalue weighted by atomic mass is 10.0. The maximum atomic E-state index is 12.3. The summed E-state index contributed by atoms with van der Waals surface area (Å²) in [5, 5.41) is 8.40. The summed E-state index contributed by atoms with van der Waals surface area (Å²) in [6, 6.07) is 12.9. The lowest BCUT2D eigenvalue weighted by molar-refractivity contribution is -0.122. The van der Waals surface area contributed by atoms with Crippen LogP contribution in [-0.4, -0.2) is 24.3 Å². The summed E-state index contributed by atoms with van der Waals surface area (Å²) < 4.78 is 0.881. The molecule has 0 aromatic heterocycles. The minimum Gasteiger partial charge on any atom is -0.356 e. The molecule has 0 aliphatic rings. The molecular formula is C22H26BrN3O3. The fourth-order valence-corrected chi connectivity index (χ4v) is 3.17. The van der Waals surface area contributed by atoms with E-state index < -0.39 is 6.04 Å². The van der Waals surface area contributed by atoms with Crippen LogP contribution in [0, 0.1) is 13.8 Å². The van der Waals surface area contributed by atoms with E-state index in [0.29, 0.717) is 0 Å². The van der Waals surface area contributed by atoms with Crippen molar-refractivity contribution in [3.05, 3.63) is 63.6 Å². The molecular weight excluding hydrogens is 434 g/mol. The lowest BCUT2D eigenvalue weighted by Crippen LogP contribution is -2.33. The third-order valence-corrected chi connectivity index (χ3v) is 4.89. The third-order valence-electron chi connectivity index (χ3n) is 4.39. The minimum absolute atomic E-state index is 0.106. The van der Waals surface area contributed by atoms with Gasteiger partial charge in [0.15, 0.2) is 0 Å². The average molecular weight is 460 g/mol. The Bertz CT molecular complexity index is 881. The molecule has 7 heteroatoms. The van der Waals surface area contributed by atoms with E-state index >= 15 is 0 Å². The van der Waals surface area contributed by atoms with Gasteiger partial charge >= 0.3 is 0 Å². The highest BCUT2D eigenvalue weighted by Gasteiger charge is 2.17. The molecule has 2 aromatic rings. The third kappa shape index (κ3) is 7.69. The fraction of sp³-hybridized carbons (Fsp3) is 0.318. The van der Waals surface area contributed by atoms with Crippen molar-refractivity contribution in [2.75, 3.05) is 11.9 Å². The Morgan fingerprint density at radius 1 is 1.00 bits per heavy atom. The Balaban J connectivity index is 1.85. The second-order valence-electron chi connectivity index (χ2n) is 6.98. The molecule has 3 N–H and O–H groups in total. The van der Waals surface area contributed by atoms with Gasteiger partial charge in [-0.05, 0) is 37.1 Å². The van der Waals surface area contributed by atoms with Crippen molar-refractivity contribution >= 4 is 39.3 Å². The number of aryl methyl sites for hydroxylation is 2. The number of benzene rings is 2. The molecule has 2 aromatic carbocycles. The fourth-order valence-electron chi connectivity index (χ4n) is 2.81. The summed E-state index contributed by atoms with van der Waals surface area (Å²) in [5.74, 6) is -0.605. The number of carbonyl (C=O) groups excluding carboxylic acids is 3. The van der Waals surface area contributed by atoms with Crippen molar-refractivity contribution in [1.82, 2.24) is 10.6 Å². The van der Waals surface area contributed by atoms with Crippen LogP contribution in [0.3, 0.4) is 0 Å². The van der Waals surface area contributed by atoms with Crippen molar-refractivity contribution in [2.24, 2.45) is 0 Å². The second kappa shape index (κ2) is 10.8. The number of hydrogen-bond donors (Lipinski definition) is 3. The second-order valence-corrected chi connectivity index (χ2v) is 7.89. The van der Waals surface area contributed by atoms with Gasteiger partial charge in [0.05, 0.1) is 12.5 Å². The minimum atomic E-state index is -0.411. The normalized spacial score (nSPS) is 11.4. The molecule has 154 valence electrons. The maximum absolute atomic E-state index is 12.3. The van der Waals surface area contributed by atoms with Crippen molar-refractivity contribution in [3.8, 4) is 0 Å². The van der Waals surface area contributed by atoms with Crippen LogP contribution < -0.4 is 16.0 Å². The molecule has 2 rings (SSSR count). The predicted molar refractivity (Wildman–Crippen MR) is 117 cm³/mol. The number of hydrogen-bond acceptors (Lipinski definition) is 3. The van der Waals surface area contributed by atoms with Crippen LogP contribution in [0.5, 0.6) is 0 Å². The Morgan fingerprint density at radius 3 is 2.34 bits per heavy atom. The Hall–Kier alpha value is -2.67. The Morgan fingerprint density at radius 2 is 1.69 bits per heavy atom. The van der Waals surface area contributed by atoms with Crippen molar-refractivity contribution in [3.63, 3.8) is 0 Å². The van der Waals surface area contributed by atoms with E-state index in [9.17, 15) is 14.4 Å². The summed E-state index contributed by atoms with van der Waals surface area (Å²) in [5.41, 5.74) is 3.66. The standard InChI is InChI=1S/C22H26BrN3O3/c1-14-4-7-17(8-5-14)20(25-16(3)27)13-22(29)24-11-10-21(28)26-19-12-18(23)9-6-15(19)2/h4-9,12,20H,10-11,13H2,1-3H3,(H,24,29)(H,25,27)(H,26,28). The van der Waals surface area contributed by atoms with E-state index in [1.54, 1.807) is 0 Å². The summed E-state index contributed by atoms with van der Waals surface area (Å²) in [6.07, 6.45) is 0.266. The van der Waals surface area contributed by atoms with Gasteiger partial charge in [-0.25, -0.2) is 0 Å². The molecule has 0 spiro atoms. The first-order valence-electron chi connectivity index (χ1n) is 9.41. The predicted octanol–water partition coefficient (Wildman–Crippen LogP) is 3.78. The van der Waals surface area contributed by atoms with E-state index in [-0.39, 0.29) is 37.1 Å². The molecule has 0 radical (unpaired) electrons. The zero-order chi connectivity index (χ0) is 21.4. The highest BCUT2D eigenvalue weighted by molar-refractivity contribution is 9.10. The van der Waals surface area contributed by atoms with Crippen molar-refractivity contribution < 1.29 is 14.4 Å². The zero-order valence-electron chi connectivity index (χ0n) is 16.8. The van der Waals surface area contributed by atoms with Gasteiger partial charge in [-0.1, -0.05) is 51.8 Å². The summed E-state index contributed by atoms with van der Waals surface area (Å²) in [4.78, 5) is 36.0. The van der Waals surface area contributed by atoms with Crippen LogP contribution in [0.4, 0.5) is 5.69 Å². The number of halogens is 1. The molecule has 3 amide bonds. The molecule has 6 nitrogen and oxygen atoms in total. The van der Waals surface area contributed by atoms with E-state index in [0.717, 1.165) is 26.9 Å². The first-order chi connectivity index (χ1) is 13.7. The summed E-state index contributed by atoms with van der Waals surface area (Å²) in [7, 11) is 0. The Labute approximate surface area is 179 Å². The average Bonchev–Trinajstić information content (AvgIpc) is 2.64. The molecule has 0 bridgehead atoms. The largest absolute Gasteiger partial charge is 0.356 e. The molecule has 0 saturated carbocycles. The van der Waals surface area contributed by atoms with Gasteiger partial charge in [0, 0.05) is 30.0 Å². The van der Waals surface area contributed by atoms with E-state index in [4.69, 9.17) is 0 Å². The first kappa shape index (κ1) is 22.6. The highest BCUT2D eigenvalue weighted by Crippen LogP contribution is 2.21. The van der Waals surface area contributed by atoms with Gasteiger partial charge in [0.25, 0.3) is 0 Å². The van der Waals surface area contributed by atoms with E-state index in [1.165, 1.54) is 6.92 Å². The van der Waals surface area contributed by atoms with Gasteiger partial charge < -0.3 is 16.0 Å². The summed E-state index contributed by atoms with van der Waals surface area (Å²) >= 11 is 3.38. The highest BCUT2D eigenvalue weighted by atomic mass is 79.9. The van der Waals surface area contributed by atoms with Gasteiger partial charge in [-0.15, -0.1) is 0 Å². The van der Waals surface area contributed by atoms with E-state index in [2.05, 4.69) is 31.9 Å². The quantitative estimate of drug-likeness (QED) is 0.561. The Kier molecular flexibility index (Phi) is 8.39. The van der Waals surface area contributed by atoms with E-state index in [1.807, 2.05) is 56.3 Å². The van der Waals surface area contributed by atoms with Crippen LogP contribution in [0.25, 0.3) is 0 Å². The molecule has 0 aliphatic carbocycles. The van der Waals surface area contributed by atoms with Gasteiger partial charge in [0.1, 0.15) is 0 Å². The molecule has 0 saturated heterocycles. The number of nitrogens with one attached hydrogen (secondary N) is 3. The van der Waals surface area contributed by atoms with Gasteiger partial charge in [-0.3, -0.25) is 14.4 Å². The van der Waals surface area contributed by atoms with Crippen LogP contribution >= 0.6 is 15.9 Å². The molecule has 0 heterocycles. The molecule has 1 atom stereocenters. The van der Waals surface area contributed by atoms with Gasteiger partial charge in [0.2, 0.25) is 17.7 Å². The number of carbonyl (C=O) groups is 3. The maximum Gasteiger partial charge on any atom is 0.226 e. The topological polar surface area (TPSA) is 87.3 Å². The van der Waals surface area contributed by atoms with Crippen LogP contribution in [0.1, 0.15) is 42.5 Å². The first-order valence-corrected chi connectivity index (χ1v) is 10.2. The number of amides is 3. The van der Waals surface area contributed by atoms with Crippen LogP contribution in [0.15, 0.2) is 46.9 Å². The van der Waals surface area contributed by atoms with Crippen molar-refractivity contribution in [1.29, 1.82) is 0 Å². The molecule has 1 unspecified atom stereocenters. The summed E-state index contributed by atoms with van der Waals surface area (Å²) in [6.45, 7) is 5.54. The van der Waals surface area contributed by atoms with Crippen LogP contribution in [-0.2, 0) is 14.4 Å². The lowest BCUT2D eigenvalue weighted by Gasteiger charge is -2.18. The van der Waals surface area contributed by atoms with Crippen LogP contribution in [0.2, 0.25) is 0 Å². The van der Waals surface area contributed by atoms with Gasteiger partial charge in [-0.2, -0.15) is 0 Å². The number of rotatable bonds is 8.